The average molecular weight is 437 g/mol. The molecule has 6 aliphatic rings. The van der Waals surface area contributed by atoms with Crippen LogP contribution in [0.5, 0.6) is 0 Å². The highest BCUT2D eigenvalue weighted by Gasteiger charge is 2.68. The van der Waals surface area contributed by atoms with Crippen LogP contribution in [0.25, 0.3) is 0 Å². The highest BCUT2D eigenvalue weighted by atomic mass is 15.7. The van der Waals surface area contributed by atoms with Gasteiger partial charge in [-0.3, -0.25) is 0 Å². The summed E-state index contributed by atoms with van der Waals surface area (Å²) in [4.78, 5) is 20.9. The zero-order chi connectivity index (χ0) is 22.9. The van der Waals surface area contributed by atoms with Crippen LogP contribution in [0.4, 0.5) is 11.6 Å². The average Bonchev–Trinajstić information content (AvgIpc) is 3.40. The second-order valence-corrected chi connectivity index (χ2v) is 9.98. The van der Waals surface area contributed by atoms with E-state index in [4.69, 9.17) is 20.0 Å². The van der Waals surface area contributed by atoms with Crippen molar-refractivity contribution in [1.82, 2.24) is 9.13 Å². The van der Waals surface area contributed by atoms with Crippen LogP contribution >= 0.6 is 0 Å². The Morgan fingerprint density at radius 2 is 1.00 bits per heavy atom. The zero-order valence-electron chi connectivity index (χ0n) is 20.1. The molecule has 1 unspecified atom stereocenters. The van der Waals surface area contributed by atoms with Gasteiger partial charge in [0.1, 0.15) is 11.3 Å². The van der Waals surface area contributed by atoms with Crippen molar-refractivity contribution in [3.63, 3.8) is 0 Å². The molecule has 0 saturated carbocycles. The van der Waals surface area contributed by atoms with Crippen LogP contribution in [0.2, 0.25) is 0 Å². The normalized spacial score (nSPS) is 24.8. The van der Waals surface area contributed by atoms with Crippen molar-refractivity contribution in [2.24, 2.45) is 20.0 Å². The molecule has 0 aliphatic carbocycles. The van der Waals surface area contributed by atoms with Gasteiger partial charge in [0.25, 0.3) is 23.3 Å². The van der Waals surface area contributed by atoms with Gasteiger partial charge in [-0.1, -0.05) is 15.0 Å². The third-order valence-corrected chi connectivity index (χ3v) is 8.67. The predicted octanol–water partition coefficient (Wildman–Crippen LogP) is 2.51. The van der Waals surface area contributed by atoms with E-state index in [0.29, 0.717) is 0 Å². The van der Waals surface area contributed by atoms with Gasteiger partial charge in [0.15, 0.2) is 0 Å². The van der Waals surface area contributed by atoms with Crippen molar-refractivity contribution >= 4 is 35.0 Å². The Kier molecular flexibility index (Phi) is 2.60. The van der Waals surface area contributed by atoms with Gasteiger partial charge in [-0.05, 0) is 55.4 Å². The molecule has 6 aliphatic heterocycles. The molecule has 2 aromatic rings. The standard InChI is InChI=1S/C25H24N8/c1-9-10(2)18-27-20-13(5)14(6)22-29-24-16(8)15(7)23-28-21-12(4)11(3)19-26-17(9)30(18)25(31(19)21,32(20)22)33(23)24/h1-8H3/q+2. The molecule has 1 atom stereocenters. The Morgan fingerprint density at radius 1 is 0.515 bits per heavy atom. The fraction of sp³-hybridized carbons (Fsp3) is 0.360. The Labute approximate surface area is 190 Å². The second kappa shape index (κ2) is 4.81. The molecule has 0 radical (unpaired) electrons. The summed E-state index contributed by atoms with van der Waals surface area (Å²) in [5.41, 5.74) is 11.3. The largest absolute Gasteiger partial charge is 0.402 e. The van der Waals surface area contributed by atoms with Gasteiger partial charge < -0.3 is 0 Å². The quantitative estimate of drug-likeness (QED) is 0.570. The Hall–Kier alpha value is -3.68. The first-order valence-corrected chi connectivity index (χ1v) is 11.5. The molecule has 8 rings (SSSR count). The number of amidine groups is 4. The molecule has 33 heavy (non-hydrogen) atoms. The van der Waals surface area contributed by atoms with Crippen molar-refractivity contribution in [3.8, 4) is 0 Å². The third-order valence-electron chi connectivity index (χ3n) is 8.67. The summed E-state index contributed by atoms with van der Waals surface area (Å²) in [6.45, 7) is 17.3. The first kappa shape index (κ1) is 17.8. The summed E-state index contributed by atoms with van der Waals surface area (Å²) in [5, 5.41) is 0. The maximum absolute atomic E-state index is 5.23. The third kappa shape index (κ3) is 1.45. The van der Waals surface area contributed by atoms with Crippen LogP contribution in [0, 0.1) is 27.7 Å². The fourth-order valence-corrected chi connectivity index (χ4v) is 6.29. The number of hydrogen-bond acceptors (Lipinski definition) is 4. The van der Waals surface area contributed by atoms with Gasteiger partial charge in [-0.15, -0.1) is 9.15 Å². The second-order valence-electron chi connectivity index (χ2n) is 9.98. The summed E-state index contributed by atoms with van der Waals surface area (Å²) >= 11 is 0. The molecule has 0 bridgehead atoms. The van der Waals surface area contributed by atoms with E-state index in [9.17, 15) is 0 Å². The molecule has 162 valence electrons. The fourth-order valence-electron chi connectivity index (χ4n) is 6.29. The Balaban J connectivity index is 1.75. The van der Waals surface area contributed by atoms with Crippen LogP contribution in [-0.2, 0) is 5.91 Å². The SMILES string of the molecule is CC1=C(C)C2=[N+]3C1=Nc1c(C)c(C)c4n1C31n3c(c(C)c(C)c3=N4)=NC3=[N+]1C(=N2)C(C)=C3C. The lowest BCUT2D eigenvalue weighted by atomic mass is 10.1. The minimum Gasteiger partial charge on any atom is -0.212 e. The summed E-state index contributed by atoms with van der Waals surface area (Å²) in [7, 11) is 0. The van der Waals surface area contributed by atoms with Crippen molar-refractivity contribution < 1.29 is 9.15 Å². The summed E-state index contributed by atoms with van der Waals surface area (Å²) in [5.74, 6) is 5.06. The molecule has 8 nitrogen and oxygen atoms in total. The van der Waals surface area contributed by atoms with Gasteiger partial charge in [0.2, 0.25) is 11.3 Å². The summed E-state index contributed by atoms with van der Waals surface area (Å²) in [6, 6.07) is 0. The van der Waals surface area contributed by atoms with Crippen molar-refractivity contribution in [1.29, 1.82) is 0 Å². The zero-order valence-corrected chi connectivity index (χ0v) is 20.1. The molecule has 0 amide bonds. The first-order valence-electron chi connectivity index (χ1n) is 11.5. The Bertz CT molecular complexity index is 1820. The molecule has 8 heteroatoms. The van der Waals surface area contributed by atoms with E-state index in [-0.39, 0.29) is 0 Å². The van der Waals surface area contributed by atoms with E-state index < -0.39 is 5.91 Å². The van der Waals surface area contributed by atoms with Gasteiger partial charge >= 0.3 is 5.91 Å². The number of nitrogens with zero attached hydrogens (tertiary/aromatic N) is 8. The maximum Gasteiger partial charge on any atom is 0.402 e. The summed E-state index contributed by atoms with van der Waals surface area (Å²) < 4.78 is 9.32. The van der Waals surface area contributed by atoms with Crippen LogP contribution in [-0.4, -0.2) is 41.6 Å². The van der Waals surface area contributed by atoms with E-state index in [1.807, 2.05) is 0 Å². The van der Waals surface area contributed by atoms with Crippen LogP contribution in [0.3, 0.4) is 0 Å². The van der Waals surface area contributed by atoms with Gasteiger partial charge in [0.05, 0.1) is 0 Å². The molecule has 1 spiro atoms. The monoisotopic (exact) mass is 436 g/mol. The first-order chi connectivity index (χ1) is 15.7. The molecule has 0 aromatic carbocycles. The lowest BCUT2D eigenvalue weighted by molar-refractivity contribution is -0.792. The van der Waals surface area contributed by atoms with Crippen LogP contribution in [0.15, 0.2) is 42.3 Å². The number of hydrogen-bond donors (Lipinski definition) is 0. The van der Waals surface area contributed by atoms with E-state index in [2.05, 4.69) is 73.7 Å². The molecule has 0 fully saturated rings. The van der Waals surface area contributed by atoms with Crippen molar-refractivity contribution in [3.05, 3.63) is 55.5 Å². The summed E-state index contributed by atoms with van der Waals surface area (Å²) in [6.07, 6.45) is 0. The van der Waals surface area contributed by atoms with Crippen molar-refractivity contribution in [2.75, 3.05) is 0 Å². The lowest BCUT2D eigenvalue weighted by Gasteiger charge is -2.42. The van der Waals surface area contributed by atoms with Gasteiger partial charge in [-0.25, -0.2) is 14.1 Å². The number of aliphatic imine (C=N–C) groups is 2. The molecule has 2 aromatic heterocycles. The van der Waals surface area contributed by atoms with Gasteiger partial charge in [0, 0.05) is 44.5 Å². The molecular weight excluding hydrogens is 412 g/mol. The van der Waals surface area contributed by atoms with E-state index in [1.165, 1.54) is 44.5 Å². The molecule has 8 heterocycles. The van der Waals surface area contributed by atoms with E-state index >= 15 is 0 Å². The smallest absolute Gasteiger partial charge is 0.212 e. The van der Waals surface area contributed by atoms with Crippen molar-refractivity contribution in [2.45, 2.75) is 61.3 Å². The molecular formula is C25H24N8+2. The highest BCUT2D eigenvalue weighted by molar-refractivity contribution is 6.20. The maximum atomic E-state index is 5.23. The van der Waals surface area contributed by atoms with Crippen LogP contribution < -0.4 is 11.0 Å². The molecule has 0 N–H and O–H groups in total. The van der Waals surface area contributed by atoms with Gasteiger partial charge in [-0.2, -0.15) is 0 Å². The topological polar surface area (TPSA) is 65.3 Å². The highest BCUT2D eigenvalue weighted by Crippen LogP contribution is 2.50. The Morgan fingerprint density at radius 3 is 1.61 bits per heavy atom. The number of rotatable bonds is 0. The minimum atomic E-state index is -0.756. The van der Waals surface area contributed by atoms with Crippen LogP contribution in [0.1, 0.15) is 49.9 Å². The lowest BCUT2D eigenvalue weighted by Crippen LogP contribution is -2.72. The molecule has 0 saturated heterocycles. The minimum absolute atomic E-state index is 0.756. The van der Waals surface area contributed by atoms with E-state index in [0.717, 1.165) is 46.0 Å². The number of aromatic nitrogens is 2. The predicted molar refractivity (Wildman–Crippen MR) is 125 cm³/mol. The van der Waals surface area contributed by atoms with E-state index in [1.54, 1.807) is 0 Å².